The molecule has 35 heavy (non-hydrogen) atoms. The third-order valence-electron chi connectivity index (χ3n) is 5.93. The fourth-order valence-electron chi connectivity index (χ4n) is 4.38. The lowest BCUT2D eigenvalue weighted by molar-refractivity contribution is -0.577. The van der Waals surface area contributed by atoms with Crippen LogP contribution in [-0.4, -0.2) is 21.6 Å². The van der Waals surface area contributed by atoms with Gasteiger partial charge in [-0.3, -0.25) is 9.59 Å². The van der Waals surface area contributed by atoms with Crippen LogP contribution in [-0.2, 0) is 16.0 Å². The maximum absolute atomic E-state index is 13.9. The van der Waals surface area contributed by atoms with Gasteiger partial charge in [-0.15, -0.1) is 0 Å². The number of pyridine rings is 1. The minimum absolute atomic E-state index is 0.0742. The van der Waals surface area contributed by atoms with E-state index in [4.69, 9.17) is 0 Å². The van der Waals surface area contributed by atoms with E-state index in [2.05, 4.69) is 5.10 Å². The van der Waals surface area contributed by atoms with Crippen molar-refractivity contribution in [1.29, 1.82) is 0 Å². The molecule has 0 fully saturated rings. The van der Waals surface area contributed by atoms with Crippen molar-refractivity contribution in [3.05, 3.63) is 102 Å². The van der Waals surface area contributed by atoms with Gasteiger partial charge in [-0.2, -0.15) is 9.67 Å². The summed E-state index contributed by atoms with van der Waals surface area (Å²) in [5, 5.41) is 18.4. The predicted molar refractivity (Wildman–Crippen MR) is 130 cm³/mol. The first kappa shape index (κ1) is 22.3. The Labute approximate surface area is 203 Å². The van der Waals surface area contributed by atoms with Crippen molar-refractivity contribution in [3.63, 3.8) is 0 Å². The molecular formula is C28H24N4O3. The fraction of sp³-hybridized carbons (Fsp3) is 0.143. The van der Waals surface area contributed by atoms with E-state index < -0.39 is 17.7 Å². The van der Waals surface area contributed by atoms with E-state index in [9.17, 15) is 14.7 Å². The van der Waals surface area contributed by atoms with E-state index in [1.54, 1.807) is 59.4 Å². The highest BCUT2D eigenvalue weighted by Gasteiger charge is 2.47. The highest BCUT2D eigenvalue weighted by atomic mass is 16.3. The molecule has 0 spiro atoms. The fourth-order valence-corrected chi connectivity index (χ4v) is 4.38. The summed E-state index contributed by atoms with van der Waals surface area (Å²) in [7, 11) is 0. The van der Waals surface area contributed by atoms with Gasteiger partial charge in [-0.25, -0.2) is 9.58 Å². The van der Waals surface area contributed by atoms with Gasteiger partial charge in [0.1, 0.15) is 5.57 Å². The van der Waals surface area contributed by atoms with Crippen molar-refractivity contribution in [2.24, 2.45) is 0 Å². The second kappa shape index (κ2) is 9.02. The molecular weight excluding hydrogens is 440 g/mol. The maximum Gasteiger partial charge on any atom is 0.331 e. The number of anilines is 1. The first-order valence-corrected chi connectivity index (χ1v) is 11.5. The highest BCUT2D eigenvalue weighted by molar-refractivity contribution is 6.53. The predicted octanol–water partition coefficient (Wildman–Crippen LogP) is 3.44. The second-order valence-electron chi connectivity index (χ2n) is 8.42. The molecule has 174 valence electrons. The minimum atomic E-state index is -0.535. The summed E-state index contributed by atoms with van der Waals surface area (Å²) in [5.74, 6) is -1.44. The lowest BCUT2D eigenvalue weighted by Gasteiger charge is -2.15. The van der Waals surface area contributed by atoms with E-state index in [1.807, 2.05) is 44.2 Å². The van der Waals surface area contributed by atoms with Crippen molar-refractivity contribution in [1.82, 2.24) is 9.78 Å². The molecule has 5 rings (SSSR count). The quantitative estimate of drug-likeness (QED) is 0.323. The Kier molecular flexibility index (Phi) is 5.74. The molecule has 2 aromatic carbocycles. The molecule has 2 amide bonds. The maximum atomic E-state index is 13.9. The van der Waals surface area contributed by atoms with Gasteiger partial charge in [-0.1, -0.05) is 49.7 Å². The standard InChI is InChI=1S/C28H24N4O3/c1-3-11-22-23(27(34)32(29-22)21-15-8-5-9-16-21)24-25(30-17-10-12-19(2)18-30)28(35)31(26(24)33)20-13-6-4-7-14-20/h4-10,12-18H,3,11H2,1-2H3. The zero-order chi connectivity index (χ0) is 24.5. The van der Waals surface area contributed by atoms with Gasteiger partial charge in [0.15, 0.2) is 12.4 Å². The topological polar surface area (TPSA) is 82.1 Å². The number of imide groups is 1. The van der Waals surface area contributed by atoms with Crippen LogP contribution in [0.1, 0.15) is 30.2 Å². The largest absolute Gasteiger partial charge is 0.858 e. The number of nitrogens with zero attached hydrogens (tertiary/aromatic N) is 4. The number of aryl methyl sites for hydroxylation is 2. The van der Waals surface area contributed by atoms with Crippen molar-refractivity contribution in [2.75, 3.05) is 4.90 Å². The molecule has 0 atom stereocenters. The molecule has 0 N–H and O–H groups in total. The van der Waals surface area contributed by atoms with Crippen molar-refractivity contribution in [3.8, 4) is 11.6 Å². The van der Waals surface area contributed by atoms with E-state index in [-0.39, 0.29) is 16.8 Å². The Morgan fingerprint density at radius 1 is 0.886 bits per heavy atom. The molecule has 1 aliphatic heterocycles. The molecule has 2 aromatic heterocycles. The Hall–Kier alpha value is -4.52. The molecule has 0 bridgehead atoms. The number of aromatic nitrogens is 3. The number of carbonyl (C=O) groups is 2. The van der Waals surface area contributed by atoms with Crippen LogP contribution in [0.25, 0.3) is 17.0 Å². The SMILES string of the molecule is CCCc1nn(-c2ccccc2)c([O-])c1C1=C([n+]2cccc(C)c2)C(=O)N(c2ccccc2)C1=O. The zero-order valence-electron chi connectivity index (χ0n) is 19.5. The van der Waals surface area contributed by atoms with Crippen LogP contribution >= 0.6 is 0 Å². The second-order valence-corrected chi connectivity index (χ2v) is 8.42. The molecule has 7 heteroatoms. The molecule has 0 unspecified atom stereocenters. The van der Waals surface area contributed by atoms with Crippen LogP contribution in [0.3, 0.4) is 0 Å². The normalized spacial score (nSPS) is 13.7. The number of amides is 2. The number of carbonyl (C=O) groups excluding carboxylic acids is 2. The number of rotatable bonds is 6. The Balaban J connectivity index is 1.79. The molecule has 1 aliphatic rings. The van der Waals surface area contributed by atoms with E-state index in [0.29, 0.717) is 23.5 Å². The van der Waals surface area contributed by atoms with Gasteiger partial charge in [0, 0.05) is 17.2 Å². The first-order valence-electron chi connectivity index (χ1n) is 11.5. The van der Waals surface area contributed by atoms with Gasteiger partial charge < -0.3 is 5.11 Å². The summed E-state index contributed by atoms with van der Waals surface area (Å²) >= 11 is 0. The number of hydrogen-bond donors (Lipinski definition) is 0. The van der Waals surface area contributed by atoms with Gasteiger partial charge in [-0.05, 0) is 49.6 Å². The van der Waals surface area contributed by atoms with Crippen LogP contribution in [0, 0.1) is 6.92 Å². The van der Waals surface area contributed by atoms with Crippen molar-refractivity contribution < 1.29 is 19.3 Å². The smallest absolute Gasteiger partial charge is 0.331 e. The molecule has 0 aliphatic carbocycles. The zero-order valence-corrected chi connectivity index (χ0v) is 19.5. The average molecular weight is 465 g/mol. The molecule has 3 heterocycles. The average Bonchev–Trinajstić information content (AvgIpc) is 3.32. The minimum Gasteiger partial charge on any atom is -0.858 e. The monoisotopic (exact) mass is 464 g/mol. The van der Waals surface area contributed by atoms with Crippen LogP contribution in [0.4, 0.5) is 5.69 Å². The van der Waals surface area contributed by atoms with Gasteiger partial charge in [0.2, 0.25) is 0 Å². The number of hydrogen-bond acceptors (Lipinski definition) is 4. The Morgan fingerprint density at radius 3 is 2.17 bits per heavy atom. The van der Waals surface area contributed by atoms with E-state index in [1.165, 1.54) is 4.68 Å². The highest BCUT2D eigenvalue weighted by Crippen LogP contribution is 2.39. The van der Waals surface area contributed by atoms with Crippen LogP contribution in [0.2, 0.25) is 0 Å². The van der Waals surface area contributed by atoms with Gasteiger partial charge in [0.05, 0.1) is 17.1 Å². The summed E-state index contributed by atoms with van der Waals surface area (Å²) < 4.78 is 2.94. The van der Waals surface area contributed by atoms with Crippen molar-refractivity contribution in [2.45, 2.75) is 26.7 Å². The molecule has 0 saturated carbocycles. The Bertz CT molecular complexity index is 1460. The third kappa shape index (κ3) is 3.81. The van der Waals surface area contributed by atoms with E-state index >= 15 is 0 Å². The summed E-state index contributed by atoms with van der Waals surface area (Å²) in [5.41, 5.74) is 2.85. The van der Waals surface area contributed by atoms with Gasteiger partial charge in [0.25, 0.3) is 11.6 Å². The first-order chi connectivity index (χ1) is 17.0. The van der Waals surface area contributed by atoms with E-state index in [0.717, 1.165) is 16.9 Å². The summed E-state index contributed by atoms with van der Waals surface area (Å²) in [6, 6.07) is 21.6. The lowest BCUT2D eigenvalue weighted by Crippen LogP contribution is -2.39. The molecule has 4 aromatic rings. The lowest BCUT2D eigenvalue weighted by atomic mass is 10.0. The van der Waals surface area contributed by atoms with Crippen LogP contribution in [0.5, 0.6) is 5.88 Å². The summed E-state index contributed by atoms with van der Waals surface area (Å²) in [6.07, 6.45) is 4.71. The summed E-state index contributed by atoms with van der Waals surface area (Å²) in [6.45, 7) is 3.89. The molecule has 0 saturated heterocycles. The van der Waals surface area contributed by atoms with Crippen LogP contribution < -0.4 is 14.6 Å². The van der Waals surface area contributed by atoms with Crippen molar-refractivity contribution >= 4 is 28.8 Å². The van der Waals surface area contributed by atoms with Gasteiger partial charge >= 0.3 is 5.91 Å². The number of benzene rings is 2. The third-order valence-corrected chi connectivity index (χ3v) is 5.93. The molecule has 0 radical (unpaired) electrons. The Morgan fingerprint density at radius 2 is 1.54 bits per heavy atom. The molecule has 7 nitrogen and oxygen atoms in total. The van der Waals surface area contributed by atoms with Crippen LogP contribution in [0.15, 0.2) is 85.2 Å². The number of para-hydroxylation sites is 2. The summed E-state index contributed by atoms with van der Waals surface area (Å²) in [4.78, 5) is 28.8.